The molecule has 18 nitrogen and oxygen atoms in total. The fourth-order valence-electron chi connectivity index (χ4n) is 12.6. The monoisotopic (exact) mass is 1320 g/mol. The minimum atomic E-state index is -2.40. The highest BCUT2D eigenvalue weighted by atomic mass is 16.7. The fraction of sp³-hybridized carbons (Fsp3) is 0.380. The Morgan fingerprint density at radius 3 is 1.49 bits per heavy atom. The highest BCUT2D eigenvalue weighted by Crippen LogP contribution is 2.41. The van der Waals surface area contributed by atoms with Crippen molar-refractivity contribution in [3.05, 3.63) is 263 Å². The molecule has 12 atom stereocenters. The highest BCUT2D eigenvalue weighted by Gasteiger charge is 2.52. The van der Waals surface area contributed by atoms with Crippen LogP contribution in [0.25, 0.3) is 0 Å². The van der Waals surface area contributed by atoms with Crippen LogP contribution in [-0.4, -0.2) is 110 Å². The zero-order valence-electron chi connectivity index (χ0n) is 55.0. The number of carbonyl (C=O) groups is 5. The van der Waals surface area contributed by atoms with Gasteiger partial charge in [-0.05, 0) is 96.7 Å². The Labute approximate surface area is 567 Å². The minimum Gasteiger partial charge on any atom is -0.475 e. The van der Waals surface area contributed by atoms with Gasteiger partial charge in [-0.15, -0.1) is 0 Å². The molecule has 1 aliphatic heterocycles. The van der Waals surface area contributed by atoms with E-state index in [0.29, 0.717) is 12.0 Å². The largest absolute Gasteiger partial charge is 0.475 e. The lowest BCUT2D eigenvalue weighted by atomic mass is 9.76. The molecule has 1 N–H and O–H groups in total. The average molecular weight is 1320 g/mol. The summed E-state index contributed by atoms with van der Waals surface area (Å²) in [7, 11) is 1.29. The van der Waals surface area contributed by atoms with E-state index >= 15 is 0 Å². The van der Waals surface area contributed by atoms with Crippen LogP contribution in [0.1, 0.15) is 125 Å². The summed E-state index contributed by atoms with van der Waals surface area (Å²) in [6.45, 7) is 3.33. The number of hydrogen-bond donors (Lipinski definition) is 1. The topological polar surface area (TPSA) is 216 Å². The Morgan fingerprint density at radius 1 is 0.505 bits per heavy atom. The van der Waals surface area contributed by atoms with Gasteiger partial charge in [-0.25, -0.2) is 19.2 Å². The van der Waals surface area contributed by atoms with Gasteiger partial charge in [-0.1, -0.05) is 221 Å². The van der Waals surface area contributed by atoms with E-state index in [9.17, 15) is 29.1 Å². The maximum absolute atomic E-state index is 15.0. The molecule has 3 aliphatic rings. The number of aliphatic hydroxyl groups is 1. The van der Waals surface area contributed by atoms with Gasteiger partial charge in [0.15, 0.2) is 24.3 Å². The number of methoxy groups -OCH3 is 1. The summed E-state index contributed by atoms with van der Waals surface area (Å²) in [4.78, 5) is 72.7. The van der Waals surface area contributed by atoms with E-state index in [0.717, 1.165) is 48.8 Å². The molecule has 6 unspecified atom stereocenters. The lowest BCUT2D eigenvalue weighted by molar-refractivity contribution is -0.343. The SMILES string of the molecule is CCC1CC(C(=O)OC)C[C@@H](O[C@H](O)/C(OC(=O)c2ccccc2)=C(\O[C@@H](CC2CCCCC2)C(=O)OCc2ccccc2)[C@@H](COC(=O)c2ccccc2)OC(=O)c2ccccc2)C1O[C@@H]1OC(C)[C@@H](OCc2ccccc2)C(OCc2ccccc2)C1OCc1ccccc1. The lowest BCUT2D eigenvalue weighted by Crippen LogP contribution is -2.62. The quantitative estimate of drug-likeness (QED) is 0.0185. The lowest BCUT2D eigenvalue weighted by Gasteiger charge is -2.48. The molecule has 97 heavy (non-hydrogen) atoms. The first-order valence-corrected chi connectivity index (χ1v) is 33.5. The highest BCUT2D eigenvalue weighted by molar-refractivity contribution is 5.91. The standard InChI is InChI=1S/C79H86O18/c1-4-59-46-63(73(80)86-3)47-64(68(59)97-79-72(89-50-57-35-19-8-20-36-57)70(88-49-56-33-17-7-18-34-56)67(53(2)92-79)87-48-55-31-15-6-16-32-55)94-78(85)71(96-76(83)62-43-27-12-28-44-62)69(93-65(45-54-29-13-5-14-30-54)77(84)90-51-58-37-21-9-22-38-58)66(95-75(82)61-41-25-11-26-42-61)52-91-74(81)60-39-23-10-24-40-60/h6-12,15-28,31-44,53-54,59,63-68,70,72,78-79,85H,4-5,13-14,29-30,45-52H2,1-3H3/b71-69+/t53?,59?,63?,64-,65+,66-,67-,68?,70?,72?,78+,79+/m1/s1. The number of aliphatic hydroxyl groups excluding tert-OH is 1. The fourth-order valence-corrected chi connectivity index (χ4v) is 12.6. The summed E-state index contributed by atoms with van der Waals surface area (Å²) in [6.07, 6.45) is -7.88. The smallest absolute Gasteiger partial charge is 0.347 e. The molecule has 2 aliphatic carbocycles. The Bertz CT molecular complexity index is 3580. The number of ether oxygens (including phenoxy) is 12. The van der Waals surface area contributed by atoms with Gasteiger partial charge in [-0.3, -0.25) is 4.79 Å². The van der Waals surface area contributed by atoms with Crippen molar-refractivity contribution in [2.45, 2.75) is 159 Å². The van der Waals surface area contributed by atoms with Crippen LogP contribution in [-0.2, 0) is 92.9 Å². The third-order valence-electron chi connectivity index (χ3n) is 17.8. The molecular formula is C79H86O18. The Kier molecular flexibility index (Phi) is 26.7. The molecule has 0 bridgehead atoms. The molecule has 1 heterocycles. The summed E-state index contributed by atoms with van der Waals surface area (Å²) >= 11 is 0. The normalized spacial score (nSPS) is 22.3. The maximum atomic E-state index is 15.0. The van der Waals surface area contributed by atoms with Crippen LogP contribution in [0.5, 0.6) is 0 Å². The van der Waals surface area contributed by atoms with Crippen LogP contribution in [0.15, 0.2) is 224 Å². The molecule has 7 aromatic carbocycles. The maximum Gasteiger partial charge on any atom is 0.347 e. The van der Waals surface area contributed by atoms with Crippen molar-refractivity contribution in [1.82, 2.24) is 0 Å². The van der Waals surface area contributed by atoms with Crippen molar-refractivity contribution in [3.8, 4) is 0 Å². The molecule has 3 fully saturated rings. The first-order valence-electron chi connectivity index (χ1n) is 33.5. The molecule has 510 valence electrons. The average Bonchev–Trinajstić information content (AvgIpc) is 0.817. The zero-order chi connectivity index (χ0) is 67.7. The van der Waals surface area contributed by atoms with Crippen molar-refractivity contribution < 1.29 is 85.9 Å². The second-order valence-corrected chi connectivity index (χ2v) is 24.6. The van der Waals surface area contributed by atoms with E-state index in [-0.39, 0.29) is 68.3 Å². The number of benzene rings is 7. The van der Waals surface area contributed by atoms with Crippen molar-refractivity contribution in [2.75, 3.05) is 13.7 Å². The summed E-state index contributed by atoms with van der Waals surface area (Å²) < 4.78 is 79.2. The number of rotatable bonds is 31. The van der Waals surface area contributed by atoms with Crippen LogP contribution in [0.2, 0.25) is 0 Å². The predicted octanol–water partition coefficient (Wildman–Crippen LogP) is 13.4. The van der Waals surface area contributed by atoms with Crippen molar-refractivity contribution in [1.29, 1.82) is 0 Å². The first-order chi connectivity index (χ1) is 47.4. The minimum absolute atomic E-state index is 0.0109. The van der Waals surface area contributed by atoms with E-state index in [4.69, 9.17) is 56.8 Å². The van der Waals surface area contributed by atoms with Crippen molar-refractivity contribution in [2.24, 2.45) is 17.8 Å². The molecule has 2 saturated carbocycles. The molecule has 0 radical (unpaired) electrons. The van der Waals surface area contributed by atoms with Gasteiger partial charge in [0.1, 0.15) is 31.5 Å². The van der Waals surface area contributed by atoms with Crippen molar-refractivity contribution in [3.63, 3.8) is 0 Å². The predicted molar refractivity (Wildman–Crippen MR) is 357 cm³/mol. The van der Waals surface area contributed by atoms with Gasteiger partial charge >= 0.3 is 29.8 Å². The second kappa shape index (κ2) is 36.5. The van der Waals surface area contributed by atoms with Gasteiger partial charge in [-0.2, -0.15) is 0 Å². The number of carbonyl (C=O) groups excluding carboxylic acids is 5. The number of esters is 5. The van der Waals surface area contributed by atoms with Gasteiger partial charge < -0.3 is 61.9 Å². The third kappa shape index (κ3) is 20.4. The van der Waals surface area contributed by atoms with Crippen LogP contribution in [0.3, 0.4) is 0 Å². The molecule has 10 rings (SSSR count). The summed E-state index contributed by atoms with van der Waals surface area (Å²) in [5.74, 6) is -7.04. The Balaban J connectivity index is 1.10. The molecule has 0 aromatic heterocycles. The Morgan fingerprint density at radius 2 is 0.979 bits per heavy atom. The van der Waals surface area contributed by atoms with E-state index in [1.165, 1.54) is 43.5 Å². The van der Waals surface area contributed by atoms with E-state index in [2.05, 4.69) is 0 Å². The van der Waals surface area contributed by atoms with E-state index in [1.54, 1.807) is 66.7 Å². The molecule has 1 saturated heterocycles. The van der Waals surface area contributed by atoms with Gasteiger partial charge in [0.2, 0.25) is 12.0 Å². The summed E-state index contributed by atoms with van der Waals surface area (Å²) in [5.41, 5.74) is 3.58. The molecule has 18 heteroatoms. The first kappa shape index (κ1) is 70.9. The second-order valence-electron chi connectivity index (χ2n) is 24.6. The van der Waals surface area contributed by atoms with Gasteiger partial charge in [0.05, 0.1) is 67.9 Å². The molecule has 0 spiro atoms. The van der Waals surface area contributed by atoms with Crippen LogP contribution < -0.4 is 0 Å². The van der Waals surface area contributed by atoms with Crippen LogP contribution >= 0.6 is 0 Å². The Hall–Kier alpha value is -8.85. The van der Waals surface area contributed by atoms with Gasteiger partial charge in [0.25, 0.3) is 0 Å². The summed E-state index contributed by atoms with van der Waals surface area (Å²) in [5, 5.41) is 13.4. The van der Waals surface area contributed by atoms with Gasteiger partial charge in [0, 0.05) is 0 Å². The zero-order valence-corrected chi connectivity index (χ0v) is 55.0. The summed E-state index contributed by atoms with van der Waals surface area (Å²) in [6, 6.07) is 62.2. The van der Waals surface area contributed by atoms with E-state index in [1.807, 2.05) is 123 Å². The molecule has 7 aromatic rings. The molecule has 0 amide bonds. The molecular weight excluding hydrogens is 1240 g/mol. The van der Waals surface area contributed by atoms with Crippen LogP contribution in [0, 0.1) is 17.8 Å². The van der Waals surface area contributed by atoms with E-state index < -0.39 is 121 Å². The van der Waals surface area contributed by atoms with Crippen molar-refractivity contribution >= 4 is 29.8 Å². The van der Waals surface area contributed by atoms with Crippen LogP contribution in [0.4, 0.5) is 0 Å². The number of hydrogen-bond acceptors (Lipinski definition) is 18. The third-order valence-corrected chi connectivity index (χ3v) is 17.8.